The number of sulfonamides is 1. The Morgan fingerprint density at radius 2 is 1.82 bits per heavy atom. The van der Waals surface area contributed by atoms with Crippen molar-refractivity contribution in [3.8, 4) is 0 Å². The van der Waals surface area contributed by atoms with Gasteiger partial charge in [0.05, 0.1) is 23.7 Å². The molecule has 2 aromatic carbocycles. The summed E-state index contributed by atoms with van der Waals surface area (Å²) >= 11 is 0. The predicted octanol–water partition coefficient (Wildman–Crippen LogP) is 1.92. The Bertz CT molecular complexity index is 1030. The minimum Gasteiger partial charge on any atom is -0.478 e. The molecule has 0 saturated carbocycles. The number of benzene rings is 2. The summed E-state index contributed by atoms with van der Waals surface area (Å²) < 4.78 is 25.2. The summed E-state index contributed by atoms with van der Waals surface area (Å²) in [5, 5.41) is 12.9. The standard InChI is InChI=1S/C19H21N3O5S/c1-13-8-9-16(10-14(13)2)22(28(3,26)27)12-18(23)21-20-11-15-6-4-5-7-17(15)19(24)25/h4-11H,12H2,1-3H3,(H,21,23)(H,24,25)/b20-11-. The van der Waals surface area contributed by atoms with Crippen LogP contribution >= 0.6 is 0 Å². The number of hydrazone groups is 1. The number of aromatic carboxylic acids is 1. The average Bonchev–Trinajstić information content (AvgIpc) is 2.61. The number of anilines is 1. The number of nitrogens with one attached hydrogen (secondary N) is 1. The van der Waals surface area contributed by atoms with E-state index in [9.17, 15) is 18.0 Å². The molecule has 0 aromatic heterocycles. The third-order valence-corrected chi connectivity index (χ3v) is 5.19. The maximum atomic E-state index is 12.2. The molecular formula is C19H21N3O5S. The summed E-state index contributed by atoms with van der Waals surface area (Å²) in [4.78, 5) is 23.3. The lowest BCUT2D eigenvalue weighted by Gasteiger charge is -2.22. The van der Waals surface area contributed by atoms with Gasteiger partial charge in [-0.3, -0.25) is 9.10 Å². The molecule has 0 bridgehead atoms. The van der Waals surface area contributed by atoms with Gasteiger partial charge in [0.1, 0.15) is 6.54 Å². The number of carbonyl (C=O) groups excluding carboxylic acids is 1. The molecule has 0 radical (unpaired) electrons. The first kappa shape index (κ1) is 21.1. The van der Waals surface area contributed by atoms with Crippen LogP contribution in [0.2, 0.25) is 0 Å². The number of nitrogens with zero attached hydrogens (tertiary/aromatic N) is 2. The normalized spacial score (nSPS) is 11.4. The van der Waals surface area contributed by atoms with Gasteiger partial charge in [-0.2, -0.15) is 5.10 Å². The number of aryl methyl sites for hydroxylation is 2. The zero-order valence-corrected chi connectivity index (χ0v) is 16.5. The van der Waals surface area contributed by atoms with Crippen LogP contribution in [0.25, 0.3) is 0 Å². The minimum absolute atomic E-state index is 0.0355. The summed E-state index contributed by atoms with van der Waals surface area (Å²) in [5.41, 5.74) is 4.85. The van der Waals surface area contributed by atoms with E-state index in [2.05, 4.69) is 10.5 Å². The lowest BCUT2D eigenvalue weighted by Crippen LogP contribution is -2.39. The summed E-state index contributed by atoms with van der Waals surface area (Å²) in [6.07, 6.45) is 2.21. The van der Waals surface area contributed by atoms with Gasteiger partial charge in [0.15, 0.2) is 0 Å². The van der Waals surface area contributed by atoms with Crippen molar-refractivity contribution in [3.63, 3.8) is 0 Å². The van der Waals surface area contributed by atoms with Crippen LogP contribution in [0.1, 0.15) is 27.0 Å². The monoisotopic (exact) mass is 403 g/mol. The van der Waals surface area contributed by atoms with E-state index >= 15 is 0 Å². The number of amides is 1. The lowest BCUT2D eigenvalue weighted by molar-refractivity contribution is -0.119. The van der Waals surface area contributed by atoms with Gasteiger partial charge in [0.2, 0.25) is 10.0 Å². The van der Waals surface area contributed by atoms with Gasteiger partial charge in [-0.05, 0) is 43.2 Å². The van der Waals surface area contributed by atoms with E-state index in [1.54, 1.807) is 30.3 Å². The van der Waals surface area contributed by atoms with Crippen molar-refractivity contribution in [3.05, 3.63) is 64.7 Å². The van der Waals surface area contributed by atoms with Gasteiger partial charge in [-0.25, -0.2) is 18.6 Å². The minimum atomic E-state index is -3.69. The van der Waals surface area contributed by atoms with Crippen molar-refractivity contribution >= 4 is 33.8 Å². The van der Waals surface area contributed by atoms with Crippen molar-refractivity contribution < 1.29 is 23.1 Å². The molecule has 0 unspecified atom stereocenters. The molecule has 0 heterocycles. The largest absolute Gasteiger partial charge is 0.478 e. The van der Waals surface area contributed by atoms with Crippen LogP contribution in [0.3, 0.4) is 0 Å². The molecule has 8 nitrogen and oxygen atoms in total. The third kappa shape index (κ3) is 5.40. The van der Waals surface area contributed by atoms with E-state index in [0.717, 1.165) is 21.7 Å². The highest BCUT2D eigenvalue weighted by atomic mass is 32.2. The SMILES string of the molecule is Cc1ccc(N(CC(=O)N/N=C\c2ccccc2C(=O)O)S(C)(=O)=O)cc1C. The summed E-state index contributed by atoms with van der Waals surface area (Å²) in [6.45, 7) is 3.29. The molecule has 0 saturated heterocycles. The van der Waals surface area contributed by atoms with Gasteiger partial charge in [0, 0.05) is 5.56 Å². The van der Waals surface area contributed by atoms with E-state index in [0.29, 0.717) is 11.3 Å². The third-order valence-electron chi connectivity index (χ3n) is 4.05. The van der Waals surface area contributed by atoms with Crippen LogP contribution in [0, 0.1) is 13.8 Å². The zero-order valence-electron chi connectivity index (χ0n) is 15.7. The number of carbonyl (C=O) groups is 2. The molecule has 9 heteroatoms. The second-order valence-corrected chi connectivity index (χ2v) is 8.13. The van der Waals surface area contributed by atoms with Gasteiger partial charge in [-0.1, -0.05) is 24.3 Å². The Labute approximate surface area is 163 Å². The Hall–Kier alpha value is -3.20. The first-order valence-corrected chi connectivity index (χ1v) is 10.1. The second kappa shape index (κ2) is 8.66. The van der Waals surface area contributed by atoms with Gasteiger partial charge in [-0.15, -0.1) is 0 Å². The van der Waals surface area contributed by atoms with Crippen LogP contribution < -0.4 is 9.73 Å². The fraction of sp³-hybridized carbons (Fsp3) is 0.211. The first-order valence-electron chi connectivity index (χ1n) is 8.29. The van der Waals surface area contributed by atoms with Gasteiger partial charge in [0.25, 0.3) is 5.91 Å². The molecule has 2 N–H and O–H groups in total. The molecule has 148 valence electrons. The molecule has 2 rings (SSSR count). The molecule has 2 aromatic rings. The van der Waals surface area contributed by atoms with Crippen molar-refractivity contribution in [1.82, 2.24) is 5.43 Å². The van der Waals surface area contributed by atoms with E-state index in [-0.39, 0.29) is 5.56 Å². The maximum absolute atomic E-state index is 12.2. The molecule has 0 fully saturated rings. The summed E-state index contributed by atoms with van der Waals surface area (Å²) in [7, 11) is -3.69. The number of hydrogen-bond donors (Lipinski definition) is 2. The lowest BCUT2D eigenvalue weighted by atomic mass is 10.1. The van der Waals surface area contributed by atoms with E-state index in [1.165, 1.54) is 18.3 Å². The highest BCUT2D eigenvalue weighted by Gasteiger charge is 2.21. The van der Waals surface area contributed by atoms with Crippen LogP contribution in [0.5, 0.6) is 0 Å². The highest BCUT2D eigenvalue weighted by Crippen LogP contribution is 2.21. The zero-order chi connectivity index (χ0) is 20.9. The molecular weight excluding hydrogens is 382 g/mol. The Morgan fingerprint density at radius 1 is 1.14 bits per heavy atom. The fourth-order valence-electron chi connectivity index (χ4n) is 2.42. The average molecular weight is 403 g/mol. The van der Waals surface area contributed by atoms with Gasteiger partial charge >= 0.3 is 5.97 Å². The molecule has 0 spiro atoms. The van der Waals surface area contributed by atoms with Crippen LogP contribution in [0.15, 0.2) is 47.6 Å². The van der Waals surface area contributed by atoms with Gasteiger partial charge < -0.3 is 5.11 Å². The highest BCUT2D eigenvalue weighted by molar-refractivity contribution is 7.92. The Morgan fingerprint density at radius 3 is 2.43 bits per heavy atom. The van der Waals surface area contributed by atoms with Crippen LogP contribution in [0.4, 0.5) is 5.69 Å². The van der Waals surface area contributed by atoms with Crippen molar-refractivity contribution in [2.45, 2.75) is 13.8 Å². The summed E-state index contributed by atoms with van der Waals surface area (Å²) in [6, 6.07) is 11.3. The number of carboxylic acids is 1. The van der Waals surface area contributed by atoms with Crippen LogP contribution in [-0.2, 0) is 14.8 Å². The maximum Gasteiger partial charge on any atom is 0.336 e. The number of rotatable bonds is 7. The number of carboxylic acid groups (broad SMARTS) is 1. The second-order valence-electron chi connectivity index (χ2n) is 6.22. The molecule has 28 heavy (non-hydrogen) atoms. The quantitative estimate of drug-likeness (QED) is 0.541. The summed E-state index contributed by atoms with van der Waals surface area (Å²) in [5.74, 6) is -1.78. The molecule has 0 aliphatic heterocycles. The number of hydrogen-bond acceptors (Lipinski definition) is 5. The predicted molar refractivity (Wildman–Crippen MR) is 107 cm³/mol. The van der Waals surface area contributed by atoms with Crippen molar-refractivity contribution in [1.29, 1.82) is 0 Å². The van der Waals surface area contributed by atoms with Crippen LogP contribution in [-0.4, -0.2) is 44.4 Å². The molecule has 0 aliphatic carbocycles. The molecule has 0 aliphatic rings. The fourth-order valence-corrected chi connectivity index (χ4v) is 3.27. The topological polar surface area (TPSA) is 116 Å². The Balaban J connectivity index is 2.15. The Kier molecular flexibility index (Phi) is 6.53. The molecule has 0 atom stereocenters. The van der Waals surface area contributed by atoms with E-state index in [1.807, 2.05) is 13.8 Å². The van der Waals surface area contributed by atoms with Crippen molar-refractivity contribution in [2.24, 2.45) is 5.10 Å². The smallest absolute Gasteiger partial charge is 0.336 e. The van der Waals surface area contributed by atoms with Crippen molar-refractivity contribution in [2.75, 3.05) is 17.1 Å². The first-order chi connectivity index (χ1) is 13.1. The van der Waals surface area contributed by atoms with E-state index in [4.69, 9.17) is 5.11 Å². The van der Waals surface area contributed by atoms with E-state index < -0.39 is 28.4 Å². The molecule has 1 amide bonds.